The van der Waals surface area contributed by atoms with Crippen molar-refractivity contribution >= 4 is 5.84 Å². The van der Waals surface area contributed by atoms with Gasteiger partial charge in [-0.1, -0.05) is 11.6 Å². The van der Waals surface area contributed by atoms with E-state index in [1.165, 1.54) is 31.4 Å². The van der Waals surface area contributed by atoms with Crippen molar-refractivity contribution in [3.05, 3.63) is 35.1 Å². The summed E-state index contributed by atoms with van der Waals surface area (Å²) in [7, 11) is 0. The number of benzene rings is 1. The molecule has 0 aliphatic carbocycles. The highest BCUT2D eigenvalue weighted by molar-refractivity contribution is 5.97. The summed E-state index contributed by atoms with van der Waals surface area (Å²) in [6.07, 6.45) is 3.64. The van der Waals surface area contributed by atoms with E-state index in [4.69, 9.17) is 10.9 Å². The molecule has 0 unspecified atom stereocenters. The molecule has 19 heavy (non-hydrogen) atoms. The highest BCUT2D eigenvalue weighted by atomic mass is 19.1. The summed E-state index contributed by atoms with van der Waals surface area (Å²) >= 11 is 0. The van der Waals surface area contributed by atoms with Crippen LogP contribution in [-0.2, 0) is 6.54 Å². The first kappa shape index (κ1) is 13.8. The standard InChI is InChI=1S/C13H19FN4O/c14-12-7-10(6-11(8-12)13(15)17-19)9-16-18-4-2-1-3-5-18/h6-8,16,19H,1-5,9H2,(H2,15,17). The second-order valence-corrected chi connectivity index (χ2v) is 4.72. The molecule has 1 aromatic carbocycles. The number of hydrogen-bond donors (Lipinski definition) is 3. The Labute approximate surface area is 111 Å². The normalized spacial score (nSPS) is 17.6. The van der Waals surface area contributed by atoms with E-state index in [1.54, 1.807) is 6.07 Å². The Bertz CT molecular complexity index is 458. The van der Waals surface area contributed by atoms with Crippen molar-refractivity contribution in [3.63, 3.8) is 0 Å². The van der Waals surface area contributed by atoms with E-state index in [0.717, 1.165) is 18.7 Å². The molecular formula is C13H19FN4O. The van der Waals surface area contributed by atoms with Gasteiger partial charge in [-0.2, -0.15) is 0 Å². The number of nitrogens with one attached hydrogen (secondary N) is 1. The average molecular weight is 266 g/mol. The summed E-state index contributed by atoms with van der Waals surface area (Å²) in [6.45, 7) is 2.56. The molecule has 0 radical (unpaired) electrons. The molecule has 1 heterocycles. The van der Waals surface area contributed by atoms with Crippen LogP contribution in [-0.4, -0.2) is 29.1 Å². The summed E-state index contributed by atoms with van der Waals surface area (Å²) in [5, 5.41) is 13.7. The van der Waals surface area contributed by atoms with Crippen molar-refractivity contribution in [2.24, 2.45) is 10.9 Å². The van der Waals surface area contributed by atoms with Crippen molar-refractivity contribution in [1.29, 1.82) is 0 Å². The Morgan fingerprint density at radius 3 is 2.74 bits per heavy atom. The Morgan fingerprint density at radius 1 is 1.32 bits per heavy atom. The zero-order chi connectivity index (χ0) is 13.7. The zero-order valence-corrected chi connectivity index (χ0v) is 10.8. The van der Waals surface area contributed by atoms with Crippen LogP contribution < -0.4 is 11.2 Å². The van der Waals surface area contributed by atoms with Crippen LogP contribution in [0.25, 0.3) is 0 Å². The smallest absolute Gasteiger partial charge is 0.170 e. The molecule has 104 valence electrons. The molecule has 0 saturated carbocycles. The summed E-state index contributed by atoms with van der Waals surface area (Å²) in [5.41, 5.74) is 9.90. The van der Waals surface area contributed by atoms with Crippen LogP contribution in [0.1, 0.15) is 30.4 Å². The molecule has 6 heteroatoms. The molecule has 4 N–H and O–H groups in total. The highest BCUT2D eigenvalue weighted by Gasteiger charge is 2.10. The van der Waals surface area contributed by atoms with Gasteiger partial charge >= 0.3 is 0 Å². The van der Waals surface area contributed by atoms with Crippen LogP contribution in [0.2, 0.25) is 0 Å². The van der Waals surface area contributed by atoms with Crippen LogP contribution in [0.4, 0.5) is 4.39 Å². The number of amidine groups is 1. The molecule has 1 saturated heterocycles. The lowest BCUT2D eigenvalue weighted by Gasteiger charge is -2.27. The second kappa shape index (κ2) is 6.49. The molecule has 0 atom stereocenters. The molecule has 5 nitrogen and oxygen atoms in total. The first-order valence-electron chi connectivity index (χ1n) is 6.45. The average Bonchev–Trinajstić information content (AvgIpc) is 2.45. The molecule has 0 bridgehead atoms. The predicted octanol–water partition coefficient (Wildman–Crippen LogP) is 1.41. The number of rotatable bonds is 4. The van der Waals surface area contributed by atoms with Crippen LogP contribution >= 0.6 is 0 Å². The Morgan fingerprint density at radius 2 is 2.05 bits per heavy atom. The molecule has 1 fully saturated rings. The molecule has 0 aromatic heterocycles. The van der Waals surface area contributed by atoms with Gasteiger partial charge in [0.25, 0.3) is 0 Å². The summed E-state index contributed by atoms with van der Waals surface area (Å²) in [6, 6.07) is 4.42. The highest BCUT2D eigenvalue weighted by Crippen LogP contribution is 2.11. The molecule has 0 spiro atoms. The SMILES string of the molecule is N/C(=N/O)c1cc(F)cc(CNN2CCCCC2)c1. The van der Waals surface area contributed by atoms with Gasteiger partial charge in [-0.05, 0) is 36.6 Å². The van der Waals surface area contributed by atoms with E-state index < -0.39 is 0 Å². The summed E-state index contributed by atoms with van der Waals surface area (Å²) in [4.78, 5) is 0. The van der Waals surface area contributed by atoms with E-state index >= 15 is 0 Å². The number of halogens is 1. The topological polar surface area (TPSA) is 73.9 Å². The molecule has 1 aliphatic rings. The van der Waals surface area contributed by atoms with Crippen LogP contribution in [0, 0.1) is 5.82 Å². The second-order valence-electron chi connectivity index (χ2n) is 4.72. The van der Waals surface area contributed by atoms with Gasteiger partial charge in [-0.25, -0.2) is 9.40 Å². The minimum Gasteiger partial charge on any atom is -0.409 e. The van der Waals surface area contributed by atoms with Crippen LogP contribution in [0.3, 0.4) is 0 Å². The molecule has 0 amide bonds. The summed E-state index contributed by atoms with van der Waals surface area (Å²) in [5.74, 6) is -0.474. The van der Waals surface area contributed by atoms with E-state index in [0.29, 0.717) is 12.1 Å². The Hall–Kier alpha value is -1.66. The minimum absolute atomic E-state index is 0.0845. The lowest BCUT2D eigenvalue weighted by molar-refractivity contribution is 0.151. The van der Waals surface area contributed by atoms with Gasteiger partial charge in [0.1, 0.15) is 5.82 Å². The zero-order valence-electron chi connectivity index (χ0n) is 10.8. The van der Waals surface area contributed by atoms with E-state index in [1.807, 2.05) is 0 Å². The summed E-state index contributed by atoms with van der Waals surface area (Å²) < 4.78 is 13.5. The van der Waals surface area contributed by atoms with Gasteiger partial charge in [-0.15, -0.1) is 0 Å². The van der Waals surface area contributed by atoms with Gasteiger partial charge in [0, 0.05) is 25.2 Å². The van der Waals surface area contributed by atoms with E-state index in [2.05, 4.69) is 15.6 Å². The number of nitrogens with zero attached hydrogens (tertiary/aromatic N) is 2. The minimum atomic E-state index is -0.389. The van der Waals surface area contributed by atoms with Crippen molar-refractivity contribution in [1.82, 2.24) is 10.4 Å². The van der Waals surface area contributed by atoms with Crippen molar-refractivity contribution in [3.8, 4) is 0 Å². The van der Waals surface area contributed by atoms with Gasteiger partial charge in [0.15, 0.2) is 5.84 Å². The fourth-order valence-corrected chi connectivity index (χ4v) is 2.21. The first-order valence-corrected chi connectivity index (χ1v) is 6.45. The number of piperidine rings is 1. The fraction of sp³-hybridized carbons (Fsp3) is 0.462. The third kappa shape index (κ3) is 3.90. The van der Waals surface area contributed by atoms with Gasteiger partial charge in [0.05, 0.1) is 0 Å². The maximum atomic E-state index is 13.5. The number of hydrazine groups is 1. The van der Waals surface area contributed by atoms with Crippen molar-refractivity contribution in [2.45, 2.75) is 25.8 Å². The predicted molar refractivity (Wildman–Crippen MR) is 71.2 cm³/mol. The number of oxime groups is 1. The van der Waals surface area contributed by atoms with Crippen molar-refractivity contribution < 1.29 is 9.60 Å². The van der Waals surface area contributed by atoms with Gasteiger partial charge in [0.2, 0.25) is 0 Å². The largest absolute Gasteiger partial charge is 0.409 e. The van der Waals surface area contributed by atoms with E-state index in [-0.39, 0.29) is 11.7 Å². The third-order valence-electron chi connectivity index (χ3n) is 3.22. The molecule has 1 aromatic rings. The molecule has 1 aliphatic heterocycles. The number of nitrogens with two attached hydrogens (primary N) is 1. The van der Waals surface area contributed by atoms with Gasteiger partial charge in [-0.3, -0.25) is 5.43 Å². The fourth-order valence-electron chi connectivity index (χ4n) is 2.21. The van der Waals surface area contributed by atoms with Crippen LogP contribution in [0.5, 0.6) is 0 Å². The maximum absolute atomic E-state index is 13.5. The monoisotopic (exact) mass is 266 g/mol. The first-order chi connectivity index (χ1) is 9.19. The van der Waals surface area contributed by atoms with E-state index in [9.17, 15) is 4.39 Å². The Kier molecular flexibility index (Phi) is 4.70. The van der Waals surface area contributed by atoms with Crippen LogP contribution in [0.15, 0.2) is 23.4 Å². The molecular weight excluding hydrogens is 247 g/mol. The number of hydrogen-bond acceptors (Lipinski definition) is 4. The van der Waals surface area contributed by atoms with Gasteiger partial charge < -0.3 is 10.9 Å². The Balaban J connectivity index is 2.01. The third-order valence-corrected chi connectivity index (χ3v) is 3.22. The quantitative estimate of drug-likeness (QED) is 0.333. The van der Waals surface area contributed by atoms with Crippen molar-refractivity contribution in [2.75, 3.05) is 13.1 Å². The lowest BCUT2D eigenvalue weighted by Crippen LogP contribution is -2.41. The maximum Gasteiger partial charge on any atom is 0.170 e. The molecule has 2 rings (SSSR count). The lowest BCUT2D eigenvalue weighted by atomic mass is 10.1.